The molecule has 1 aromatic heterocycles. The lowest BCUT2D eigenvalue weighted by molar-refractivity contribution is -0.119. The van der Waals surface area contributed by atoms with E-state index in [1.165, 1.54) is 37.4 Å². The molecule has 1 heterocycles. The normalized spacial score (nSPS) is 15.2. The molecule has 1 saturated carbocycles. The number of primary amides is 1. The van der Waals surface area contributed by atoms with Gasteiger partial charge in [0.1, 0.15) is 6.54 Å². The topological polar surface area (TPSA) is 103 Å². The van der Waals surface area contributed by atoms with E-state index >= 15 is 0 Å². The number of nitrogens with one attached hydrogen (secondary N) is 1. The van der Waals surface area contributed by atoms with Gasteiger partial charge in [-0.2, -0.15) is 0 Å². The molecule has 0 saturated heterocycles. The number of aryl methyl sites for hydroxylation is 1. The summed E-state index contributed by atoms with van der Waals surface area (Å²) in [6.45, 7) is 1.97. The SMILES string of the molecule is Cc1cccc(-c2nnc(SCC(=O)NC3CCCCCC3)n2CC(N)=O)c1. The van der Waals surface area contributed by atoms with Gasteiger partial charge in [-0.3, -0.25) is 14.2 Å². The van der Waals surface area contributed by atoms with E-state index in [2.05, 4.69) is 15.5 Å². The van der Waals surface area contributed by atoms with Crippen LogP contribution in [0.15, 0.2) is 29.4 Å². The largest absolute Gasteiger partial charge is 0.368 e. The van der Waals surface area contributed by atoms with Crippen molar-refractivity contribution >= 4 is 23.6 Å². The zero-order valence-corrected chi connectivity index (χ0v) is 17.0. The van der Waals surface area contributed by atoms with Crippen LogP contribution < -0.4 is 11.1 Å². The van der Waals surface area contributed by atoms with Crippen molar-refractivity contribution in [3.63, 3.8) is 0 Å². The fourth-order valence-corrected chi connectivity index (χ4v) is 4.26. The Balaban J connectivity index is 1.69. The summed E-state index contributed by atoms with van der Waals surface area (Å²) in [5.74, 6) is 0.330. The van der Waals surface area contributed by atoms with Gasteiger partial charge in [0.2, 0.25) is 11.8 Å². The van der Waals surface area contributed by atoms with E-state index in [1.54, 1.807) is 4.57 Å². The Labute approximate surface area is 169 Å². The van der Waals surface area contributed by atoms with E-state index in [-0.39, 0.29) is 24.2 Å². The van der Waals surface area contributed by atoms with Crippen molar-refractivity contribution in [2.75, 3.05) is 5.75 Å². The van der Waals surface area contributed by atoms with E-state index in [4.69, 9.17) is 5.73 Å². The third kappa shape index (κ3) is 5.58. The second-order valence-electron chi connectivity index (χ2n) is 7.27. The third-order valence-electron chi connectivity index (χ3n) is 4.86. The van der Waals surface area contributed by atoms with Gasteiger partial charge in [-0.25, -0.2) is 0 Å². The predicted molar refractivity (Wildman–Crippen MR) is 110 cm³/mol. The van der Waals surface area contributed by atoms with Crippen molar-refractivity contribution in [1.82, 2.24) is 20.1 Å². The first-order chi connectivity index (χ1) is 13.5. The van der Waals surface area contributed by atoms with Crippen LogP contribution in [0.1, 0.15) is 44.1 Å². The second kappa shape index (κ2) is 9.73. The maximum atomic E-state index is 12.4. The number of nitrogens with two attached hydrogens (primary N) is 1. The third-order valence-corrected chi connectivity index (χ3v) is 5.83. The number of amides is 2. The first-order valence-corrected chi connectivity index (χ1v) is 10.7. The van der Waals surface area contributed by atoms with Crippen molar-refractivity contribution in [3.05, 3.63) is 29.8 Å². The molecule has 1 fully saturated rings. The van der Waals surface area contributed by atoms with Crippen molar-refractivity contribution in [3.8, 4) is 11.4 Å². The van der Waals surface area contributed by atoms with Crippen molar-refractivity contribution in [2.45, 2.75) is 63.2 Å². The minimum atomic E-state index is -0.474. The fraction of sp³-hybridized carbons (Fsp3) is 0.500. The monoisotopic (exact) mass is 401 g/mol. The lowest BCUT2D eigenvalue weighted by atomic mass is 10.1. The van der Waals surface area contributed by atoms with Gasteiger partial charge in [-0.05, 0) is 25.8 Å². The maximum Gasteiger partial charge on any atom is 0.237 e. The van der Waals surface area contributed by atoms with Crippen LogP contribution in [0.5, 0.6) is 0 Å². The number of hydrogen-bond donors (Lipinski definition) is 2. The first kappa shape index (κ1) is 20.4. The van der Waals surface area contributed by atoms with Crippen LogP contribution in [0.3, 0.4) is 0 Å². The Morgan fingerprint density at radius 1 is 1.21 bits per heavy atom. The van der Waals surface area contributed by atoms with Gasteiger partial charge in [0.05, 0.1) is 5.75 Å². The van der Waals surface area contributed by atoms with Crippen LogP contribution in [-0.2, 0) is 16.1 Å². The minimum absolute atomic E-state index is 0.0115. The minimum Gasteiger partial charge on any atom is -0.368 e. The number of aromatic nitrogens is 3. The van der Waals surface area contributed by atoms with Crippen LogP contribution in [0.25, 0.3) is 11.4 Å². The average Bonchev–Trinajstić information content (AvgIpc) is 2.85. The van der Waals surface area contributed by atoms with Crippen LogP contribution in [-0.4, -0.2) is 38.4 Å². The van der Waals surface area contributed by atoms with E-state index in [9.17, 15) is 9.59 Å². The molecule has 0 unspecified atom stereocenters. The lowest BCUT2D eigenvalue weighted by Crippen LogP contribution is -2.35. The second-order valence-corrected chi connectivity index (χ2v) is 8.22. The summed E-state index contributed by atoms with van der Waals surface area (Å²) in [7, 11) is 0. The lowest BCUT2D eigenvalue weighted by Gasteiger charge is -2.16. The standard InChI is InChI=1S/C20H27N5O2S/c1-14-7-6-8-15(11-14)19-23-24-20(25(19)12-17(21)26)28-13-18(27)22-16-9-4-2-3-5-10-16/h6-8,11,16H,2-5,9-10,12-13H2,1H3,(H2,21,26)(H,22,27). The Hall–Kier alpha value is -2.35. The van der Waals surface area contributed by atoms with Crippen LogP contribution in [0.2, 0.25) is 0 Å². The predicted octanol–water partition coefficient (Wildman–Crippen LogP) is 2.67. The number of rotatable bonds is 7. The summed E-state index contributed by atoms with van der Waals surface area (Å²) in [5, 5.41) is 12.1. The highest BCUT2D eigenvalue weighted by Crippen LogP contribution is 2.25. The highest BCUT2D eigenvalue weighted by atomic mass is 32.2. The van der Waals surface area contributed by atoms with Gasteiger partial charge >= 0.3 is 0 Å². The van der Waals surface area contributed by atoms with Gasteiger partial charge in [0.15, 0.2) is 11.0 Å². The Kier molecular flexibility index (Phi) is 7.08. The van der Waals surface area contributed by atoms with Crippen molar-refractivity contribution in [1.29, 1.82) is 0 Å². The molecule has 8 heteroatoms. The highest BCUT2D eigenvalue weighted by Gasteiger charge is 2.19. The molecule has 0 spiro atoms. The molecule has 3 rings (SSSR count). The molecule has 28 heavy (non-hydrogen) atoms. The van der Waals surface area contributed by atoms with E-state index < -0.39 is 5.91 Å². The molecule has 2 aromatic rings. The molecule has 0 bridgehead atoms. The maximum absolute atomic E-state index is 12.4. The summed E-state index contributed by atoms with van der Waals surface area (Å²) >= 11 is 1.28. The number of benzene rings is 1. The summed E-state index contributed by atoms with van der Waals surface area (Å²) in [4.78, 5) is 23.9. The van der Waals surface area contributed by atoms with Crippen LogP contribution in [0, 0.1) is 6.92 Å². The molecule has 0 atom stereocenters. The molecule has 1 aliphatic carbocycles. The Bertz CT molecular complexity index is 828. The molecule has 150 valence electrons. The average molecular weight is 402 g/mol. The van der Waals surface area contributed by atoms with E-state index in [0.717, 1.165) is 24.0 Å². The van der Waals surface area contributed by atoms with Crippen molar-refractivity contribution < 1.29 is 9.59 Å². The summed E-state index contributed by atoms with van der Waals surface area (Å²) in [6, 6.07) is 8.09. The molecule has 2 amide bonds. The molecule has 1 aromatic carbocycles. The number of carbonyl (C=O) groups is 2. The van der Waals surface area contributed by atoms with Gasteiger partial charge in [0, 0.05) is 11.6 Å². The van der Waals surface area contributed by atoms with Gasteiger partial charge in [-0.1, -0.05) is 61.2 Å². The summed E-state index contributed by atoms with van der Waals surface area (Å²) < 4.78 is 1.68. The van der Waals surface area contributed by atoms with Crippen LogP contribution in [0.4, 0.5) is 0 Å². The highest BCUT2D eigenvalue weighted by molar-refractivity contribution is 7.99. The zero-order chi connectivity index (χ0) is 19.9. The number of carbonyl (C=O) groups excluding carboxylic acids is 2. The number of thioether (sulfide) groups is 1. The van der Waals surface area contributed by atoms with Crippen LogP contribution >= 0.6 is 11.8 Å². The molecule has 0 aliphatic heterocycles. The Morgan fingerprint density at radius 3 is 2.64 bits per heavy atom. The van der Waals surface area contributed by atoms with Gasteiger partial charge < -0.3 is 11.1 Å². The number of hydrogen-bond acceptors (Lipinski definition) is 5. The Morgan fingerprint density at radius 2 is 1.96 bits per heavy atom. The molecule has 1 aliphatic rings. The summed E-state index contributed by atoms with van der Waals surface area (Å²) in [6.07, 6.45) is 6.94. The van der Waals surface area contributed by atoms with E-state index in [1.807, 2.05) is 31.2 Å². The first-order valence-electron chi connectivity index (χ1n) is 9.73. The molecule has 3 N–H and O–H groups in total. The molecule has 0 radical (unpaired) electrons. The fourth-order valence-electron chi connectivity index (χ4n) is 3.51. The van der Waals surface area contributed by atoms with Gasteiger partial charge in [-0.15, -0.1) is 10.2 Å². The molecular formula is C20H27N5O2S. The quantitative estimate of drug-likeness (QED) is 0.548. The summed E-state index contributed by atoms with van der Waals surface area (Å²) in [5.41, 5.74) is 7.37. The number of nitrogens with zero attached hydrogens (tertiary/aromatic N) is 3. The molecule has 7 nitrogen and oxygen atoms in total. The smallest absolute Gasteiger partial charge is 0.237 e. The molecular weight excluding hydrogens is 374 g/mol. The van der Waals surface area contributed by atoms with Gasteiger partial charge in [0.25, 0.3) is 0 Å². The van der Waals surface area contributed by atoms with Crippen molar-refractivity contribution in [2.24, 2.45) is 5.73 Å². The van der Waals surface area contributed by atoms with E-state index in [0.29, 0.717) is 11.0 Å². The zero-order valence-electron chi connectivity index (χ0n) is 16.2.